The molecule has 0 aromatic carbocycles. The van der Waals surface area contributed by atoms with Crippen LogP contribution in [0.4, 0.5) is 0 Å². The number of rotatable bonds is 7. The van der Waals surface area contributed by atoms with Crippen molar-refractivity contribution in [1.29, 1.82) is 0 Å². The van der Waals surface area contributed by atoms with Gasteiger partial charge in [-0.3, -0.25) is 0 Å². The van der Waals surface area contributed by atoms with Crippen molar-refractivity contribution in [3.05, 3.63) is 23.9 Å². The van der Waals surface area contributed by atoms with Crippen LogP contribution in [0.2, 0.25) is 0 Å². The van der Waals surface area contributed by atoms with Crippen molar-refractivity contribution < 1.29 is 9.47 Å². The molecule has 1 aliphatic rings. The fourth-order valence-corrected chi connectivity index (χ4v) is 2.43. The third-order valence-electron chi connectivity index (χ3n) is 3.82. The van der Waals surface area contributed by atoms with Crippen molar-refractivity contribution in [3.8, 4) is 5.88 Å². The Bertz CT molecular complexity index is 387. The van der Waals surface area contributed by atoms with E-state index < -0.39 is 0 Å². The summed E-state index contributed by atoms with van der Waals surface area (Å²) in [5.74, 6) is 0.653. The van der Waals surface area contributed by atoms with Gasteiger partial charge in [-0.2, -0.15) is 0 Å². The van der Waals surface area contributed by atoms with Crippen LogP contribution in [0.25, 0.3) is 0 Å². The molecule has 0 unspecified atom stereocenters. The standard InChI is InChI=1S/C15H25N3O2/c1-12-8-14(11-18(12)2)16-9-13-4-5-15(17-10-13)20-7-6-19-3/h4-5,10,12,14,16H,6-9,11H2,1-3H3/t12-,14+/m0/s1. The molecule has 0 saturated carbocycles. The highest BCUT2D eigenvalue weighted by molar-refractivity contribution is 5.17. The Balaban J connectivity index is 1.73. The zero-order chi connectivity index (χ0) is 14.4. The summed E-state index contributed by atoms with van der Waals surface area (Å²) in [4.78, 5) is 6.69. The quantitative estimate of drug-likeness (QED) is 0.762. The van der Waals surface area contributed by atoms with Crippen LogP contribution in [0.1, 0.15) is 18.9 Å². The van der Waals surface area contributed by atoms with Crippen LogP contribution < -0.4 is 10.1 Å². The molecule has 2 rings (SSSR count). The molecule has 0 bridgehead atoms. The van der Waals surface area contributed by atoms with E-state index in [4.69, 9.17) is 9.47 Å². The largest absolute Gasteiger partial charge is 0.475 e. The summed E-state index contributed by atoms with van der Waals surface area (Å²) in [7, 11) is 3.84. The van der Waals surface area contributed by atoms with E-state index in [1.54, 1.807) is 7.11 Å². The Morgan fingerprint density at radius 2 is 2.25 bits per heavy atom. The minimum Gasteiger partial charge on any atom is -0.475 e. The fraction of sp³-hybridized carbons (Fsp3) is 0.667. The highest BCUT2D eigenvalue weighted by Crippen LogP contribution is 2.15. The molecule has 0 radical (unpaired) electrons. The first-order chi connectivity index (χ1) is 9.69. The lowest BCUT2D eigenvalue weighted by Gasteiger charge is -2.13. The third-order valence-corrected chi connectivity index (χ3v) is 3.82. The van der Waals surface area contributed by atoms with E-state index in [1.807, 2.05) is 12.3 Å². The highest BCUT2D eigenvalue weighted by atomic mass is 16.5. The van der Waals surface area contributed by atoms with Crippen LogP contribution in [0.3, 0.4) is 0 Å². The number of nitrogens with zero attached hydrogens (tertiary/aromatic N) is 2. The molecule has 1 aromatic heterocycles. The lowest BCUT2D eigenvalue weighted by atomic mass is 10.2. The van der Waals surface area contributed by atoms with Gasteiger partial charge in [-0.05, 0) is 26.0 Å². The lowest BCUT2D eigenvalue weighted by Crippen LogP contribution is -2.31. The minimum absolute atomic E-state index is 0.535. The van der Waals surface area contributed by atoms with Gasteiger partial charge in [0.15, 0.2) is 0 Å². The summed E-state index contributed by atoms with van der Waals surface area (Å²) < 4.78 is 10.4. The molecule has 5 heteroatoms. The van der Waals surface area contributed by atoms with Gasteiger partial charge in [0.25, 0.3) is 0 Å². The van der Waals surface area contributed by atoms with Gasteiger partial charge in [0.05, 0.1) is 6.61 Å². The number of methoxy groups -OCH3 is 1. The predicted octanol–water partition coefficient (Wildman–Crippen LogP) is 1.29. The van der Waals surface area contributed by atoms with Crippen molar-refractivity contribution in [2.24, 2.45) is 0 Å². The molecule has 2 heterocycles. The number of ether oxygens (including phenoxy) is 2. The number of likely N-dealkylation sites (tertiary alicyclic amines) is 1. The second kappa shape index (κ2) is 7.57. The first-order valence-corrected chi connectivity index (χ1v) is 7.19. The molecule has 112 valence electrons. The topological polar surface area (TPSA) is 46.6 Å². The summed E-state index contributed by atoms with van der Waals surface area (Å²) in [6, 6.07) is 5.22. The first-order valence-electron chi connectivity index (χ1n) is 7.19. The Morgan fingerprint density at radius 1 is 1.40 bits per heavy atom. The Labute approximate surface area is 121 Å². The second-order valence-corrected chi connectivity index (χ2v) is 5.45. The maximum absolute atomic E-state index is 5.44. The fourth-order valence-electron chi connectivity index (χ4n) is 2.43. The van der Waals surface area contributed by atoms with E-state index >= 15 is 0 Å². The average molecular weight is 279 g/mol. The van der Waals surface area contributed by atoms with E-state index in [-0.39, 0.29) is 0 Å². The smallest absolute Gasteiger partial charge is 0.213 e. The molecular weight excluding hydrogens is 254 g/mol. The summed E-state index contributed by atoms with van der Waals surface area (Å²) in [5.41, 5.74) is 1.19. The van der Waals surface area contributed by atoms with Crippen LogP contribution in [-0.2, 0) is 11.3 Å². The van der Waals surface area contributed by atoms with Gasteiger partial charge in [0, 0.05) is 44.5 Å². The summed E-state index contributed by atoms with van der Waals surface area (Å²) in [5, 5.41) is 3.59. The molecule has 1 aliphatic heterocycles. The summed E-state index contributed by atoms with van der Waals surface area (Å²) in [6.07, 6.45) is 3.08. The van der Waals surface area contributed by atoms with Gasteiger partial charge in [0.2, 0.25) is 5.88 Å². The van der Waals surface area contributed by atoms with Crippen LogP contribution >= 0.6 is 0 Å². The van der Waals surface area contributed by atoms with Crippen LogP contribution in [0.5, 0.6) is 5.88 Å². The molecular formula is C15H25N3O2. The van der Waals surface area contributed by atoms with Crippen molar-refractivity contribution in [2.45, 2.75) is 32.0 Å². The maximum Gasteiger partial charge on any atom is 0.213 e. The summed E-state index contributed by atoms with van der Waals surface area (Å²) >= 11 is 0. The van der Waals surface area contributed by atoms with Crippen molar-refractivity contribution in [3.63, 3.8) is 0 Å². The van der Waals surface area contributed by atoms with Gasteiger partial charge in [-0.15, -0.1) is 0 Å². The van der Waals surface area contributed by atoms with Gasteiger partial charge in [0.1, 0.15) is 6.61 Å². The molecule has 5 nitrogen and oxygen atoms in total. The van der Waals surface area contributed by atoms with E-state index in [0.717, 1.165) is 13.1 Å². The van der Waals surface area contributed by atoms with Crippen molar-refractivity contribution >= 4 is 0 Å². The molecule has 0 amide bonds. The molecule has 1 N–H and O–H groups in total. The first kappa shape index (κ1) is 15.2. The van der Waals surface area contributed by atoms with Gasteiger partial charge < -0.3 is 19.7 Å². The Kier molecular flexibility index (Phi) is 5.76. The van der Waals surface area contributed by atoms with Crippen LogP contribution in [0.15, 0.2) is 18.3 Å². The molecule has 20 heavy (non-hydrogen) atoms. The van der Waals surface area contributed by atoms with E-state index in [2.05, 4.69) is 35.2 Å². The second-order valence-electron chi connectivity index (χ2n) is 5.45. The molecule has 1 fully saturated rings. The third kappa shape index (κ3) is 4.44. The van der Waals surface area contributed by atoms with Gasteiger partial charge >= 0.3 is 0 Å². The number of hydrogen-bond acceptors (Lipinski definition) is 5. The average Bonchev–Trinajstić information content (AvgIpc) is 2.77. The monoisotopic (exact) mass is 279 g/mol. The molecule has 1 saturated heterocycles. The normalized spacial score (nSPS) is 23.1. The Morgan fingerprint density at radius 3 is 2.85 bits per heavy atom. The minimum atomic E-state index is 0.535. The van der Waals surface area contributed by atoms with Crippen LogP contribution in [-0.4, -0.2) is 55.9 Å². The maximum atomic E-state index is 5.44. The van der Waals surface area contributed by atoms with Gasteiger partial charge in [-0.1, -0.05) is 6.07 Å². The highest BCUT2D eigenvalue weighted by Gasteiger charge is 2.25. The van der Waals surface area contributed by atoms with Crippen molar-refractivity contribution in [2.75, 3.05) is 33.9 Å². The number of likely N-dealkylation sites (N-methyl/N-ethyl adjacent to an activating group) is 1. The Hall–Kier alpha value is -1.17. The lowest BCUT2D eigenvalue weighted by molar-refractivity contribution is 0.143. The summed E-state index contributed by atoms with van der Waals surface area (Å²) in [6.45, 7) is 5.37. The van der Waals surface area contributed by atoms with E-state index in [0.29, 0.717) is 31.2 Å². The molecule has 1 aromatic rings. The number of hydrogen-bond donors (Lipinski definition) is 1. The number of pyridine rings is 1. The number of nitrogens with one attached hydrogen (secondary N) is 1. The molecule has 2 atom stereocenters. The van der Waals surface area contributed by atoms with E-state index in [9.17, 15) is 0 Å². The number of aromatic nitrogens is 1. The molecule has 0 spiro atoms. The van der Waals surface area contributed by atoms with Crippen LogP contribution in [0, 0.1) is 0 Å². The molecule has 0 aliphatic carbocycles. The zero-order valence-corrected chi connectivity index (χ0v) is 12.6. The van der Waals surface area contributed by atoms with Gasteiger partial charge in [-0.25, -0.2) is 4.98 Å². The van der Waals surface area contributed by atoms with Crippen molar-refractivity contribution in [1.82, 2.24) is 15.2 Å². The SMILES string of the molecule is COCCOc1ccc(CN[C@@H]2C[C@H](C)N(C)C2)cn1. The predicted molar refractivity (Wildman–Crippen MR) is 78.9 cm³/mol. The van der Waals surface area contributed by atoms with E-state index in [1.165, 1.54) is 12.0 Å². The zero-order valence-electron chi connectivity index (χ0n) is 12.6.